The van der Waals surface area contributed by atoms with Gasteiger partial charge in [0, 0.05) is 12.5 Å². The van der Waals surface area contributed by atoms with E-state index in [1.54, 1.807) is 37.4 Å². The molecule has 0 aromatic rings. The maximum atomic E-state index is 14.1. The molecule has 0 spiro atoms. The van der Waals surface area contributed by atoms with Gasteiger partial charge in [0.25, 0.3) is 0 Å². The second kappa shape index (κ2) is 13.1. The molecular weight excluding hydrogens is 512 g/mol. The number of rotatable bonds is 8. The number of alkyl carbamates (subject to hydrolysis) is 1. The lowest BCUT2D eigenvalue weighted by molar-refractivity contribution is -0.152. The number of hydrogen-bond donors (Lipinski definition) is 1. The Morgan fingerprint density at radius 1 is 1.15 bits per heavy atom. The van der Waals surface area contributed by atoms with Crippen molar-refractivity contribution in [2.24, 2.45) is 11.3 Å². The summed E-state index contributed by atoms with van der Waals surface area (Å²) in [6.45, 7) is 17.4. The average Bonchev–Trinajstić information content (AvgIpc) is 3.26. The molecule has 0 bridgehead atoms. The Hall–Kier alpha value is -2.74. The molecule has 1 aliphatic heterocycles. The number of ether oxygens (including phenoxy) is 2. The van der Waals surface area contributed by atoms with E-state index >= 15 is 0 Å². The maximum absolute atomic E-state index is 14.1. The molecule has 2 amide bonds. The van der Waals surface area contributed by atoms with Crippen molar-refractivity contribution in [2.45, 2.75) is 83.7 Å². The summed E-state index contributed by atoms with van der Waals surface area (Å²) in [4.78, 5) is 41.3. The van der Waals surface area contributed by atoms with E-state index in [4.69, 9.17) is 9.47 Å². The topological polar surface area (TPSA) is 84.9 Å². The van der Waals surface area contributed by atoms with Crippen LogP contribution in [0.3, 0.4) is 0 Å². The van der Waals surface area contributed by atoms with Gasteiger partial charge in [-0.2, -0.15) is 11.8 Å². The molecule has 1 N–H and O–H groups in total. The van der Waals surface area contributed by atoms with E-state index in [1.165, 1.54) is 7.11 Å². The van der Waals surface area contributed by atoms with Gasteiger partial charge < -0.3 is 19.7 Å². The van der Waals surface area contributed by atoms with Crippen LogP contribution in [0.5, 0.6) is 0 Å². The van der Waals surface area contributed by atoms with E-state index < -0.39 is 39.9 Å². The van der Waals surface area contributed by atoms with Gasteiger partial charge in [-0.3, -0.25) is 4.79 Å². The molecule has 1 saturated heterocycles. The highest BCUT2D eigenvalue weighted by molar-refractivity contribution is 8.00. The monoisotopic (exact) mass is 558 g/mol. The molecule has 1 fully saturated rings. The van der Waals surface area contributed by atoms with Crippen LogP contribution in [0, 0.1) is 11.3 Å². The van der Waals surface area contributed by atoms with Crippen molar-refractivity contribution < 1.29 is 23.9 Å². The van der Waals surface area contributed by atoms with Gasteiger partial charge in [-0.15, -0.1) is 0 Å². The number of esters is 1. The fraction of sp³-hybridized carbons (Fsp3) is 0.581. The van der Waals surface area contributed by atoms with Crippen molar-refractivity contribution in [3.8, 4) is 0 Å². The Bertz CT molecular complexity index is 1060. The summed E-state index contributed by atoms with van der Waals surface area (Å²) in [5, 5.41) is 2.77. The first kappa shape index (κ1) is 32.5. The molecule has 0 aromatic carbocycles. The zero-order valence-electron chi connectivity index (χ0n) is 25.0. The van der Waals surface area contributed by atoms with Crippen LogP contribution < -0.4 is 5.32 Å². The van der Waals surface area contributed by atoms with Crippen molar-refractivity contribution in [1.29, 1.82) is 0 Å². The van der Waals surface area contributed by atoms with Gasteiger partial charge >= 0.3 is 12.1 Å². The molecule has 1 aliphatic carbocycles. The van der Waals surface area contributed by atoms with Crippen molar-refractivity contribution >= 4 is 29.7 Å². The lowest BCUT2D eigenvalue weighted by Gasteiger charge is -2.36. The molecule has 0 saturated carbocycles. The van der Waals surface area contributed by atoms with E-state index in [2.05, 4.69) is 24.0 Å². The number of carbonyl (C=O) groups is 3. The Morgan fingerprint density at radius 2 is 1.82 bits per heavy atom. The van der Waals surface area contributed by atoms with Gasteiger partial charge in [0.15, 0.2) is 0 Å². The van der Waals surface area contributed by atoms with E-state index in [-0.39, 0.29) is 18.4 Å². The number of allylic oxidation sites excluding steroid dienone is 8. The SMILES string of the molecule is C=C(/C=C\C(=C/C)[C@]1(SC)C[C@@H](C(=O)OC)N(C(=O)[C@@H](NC(=O)OC(C)(C)C)C(C)(C)C)C1)C1C=CC=CC1. The van der Waals surface area contributed by atoms with Gasteiger partial charge in [-0.05, 0) is 63.4 Å². The molecule has 0 radical (unpaired) electrons. The van der Waals surface area contributed by atoms with Crippen molar-refractivity contribution in [2.75, 3.05) is 19.9 Å². The lowest BCUT2D eigenvalue weighted by atomic mass is 9.85. The number of methoxy groups -OCH3 is 1. The average molecular weight is 559 g/mol. The molecule has 7 nitrogen and oxygen atoms in total. The Morgan fingerprint density at radius 3 is 2.31 bits per heavy atom. The standard InChI is InChI=1S/C31H46N2O5S/c1-11-23(18-17-21(2)22-15-13-12-14-16-22)31(39-10)19-24(27(35)37-9)33(20-31)26(34)25(29(3,4)5)32-28(36)38-30(6,7)8/h11-15,17-18,22,24-25H,2,16,19-20H2,1,3-10H3,(H,32,36)/b18-17-,23-11+/t22?,24-,25+,31-/m0/s1. The first-order valence-electron chi connectivity index (χ1n) is 13.4. The summed E-state index contributed by atoms with van der Waals surface area (Å²) in [5.74, 6) is -0.583. The second-order valence-corrected chi connectivity index (χ2v) is 13.4. The molecule has 216 valence electrons. The number of likely N-dealkylation sites (tertiary alicyclic amines) is 1. The summed E-state index contributed by atoms with van der Waals surface area (Å²) >= 11 is 1.61. The molecule has 39 heavy (non-hydrogen) atoms. The number of nitrogens with one attached hydrogen (secondary N) is 1. The number of carbonyl (C=O) groups excluding carboxylic acids is 3. The van der Waals surface area contributed by atoms with E-state index in [9.17, 15) is 14.4 Å². The summed E-state index contributed by atoms with van der Waals surface area (Å²) in [6, 6.07) is -1.70. The van der Waals surface area contributed by atoms with Crippen molar-refractivity contribution in [3.63, 3.8) is 0 Å². The Balaban J connectivity index is 2.40. The molecule has 0 aromatic heterocycles. The molecule has 4 atom stereocenters. The third-order valence-electron chi connectivity index (χ3n) is 7.02. The van der Waals surface area contributed by atoms with E-state index in [0.29, 0.717) is 6.42 Å². The number of nitrogens with zero attached hydrogens (tertiary/aromatic N) is 1. The predicted octanol–water partition coefficient (Wildman–Crippen LogP) is 5.99. The number of hydrogen-bond acceptors (Lipinski definition) is 6. The van der Waals surface area contributed by atoms with Gasteiger partial charge in [-0.1, -0.05) is 69.9 Å². The highest BCUT2D eigenvalue weighted by Crippen LogP contribution is 2.45. The predicted molar refractivity (Wildman–Crippen MR) is 159 cm³/mol. The highest BCUT2D eigenvalue weighted by Gasteiger charge is 2.52. The third kappa shape index (κ3) is 8.37. The summed E-state index contributed by atoms with van der Waals surface area (Å²) in [7, 11) is 1.33. The summed E-state index contributed by atoms with van der Waals surface area (Å²) in [5.41, 5.74) is 0.647. The lowest BCUT2D eigenvalue weighted by Crippen LogP contribution is -2.57. The van der Waals surface area contributed by atoms with Gasteiger partial charge in [0.1, 0.15) is 17.7 Å². The number of thioether (sulfide) groups is 1. The van der Waals surface area contributed by atoms with Crippen molar-refractivity contribution in [1.82, 2.24) is 10.2 Å². The fourth-order valence-electron chi connectivity index (χ4n) is 4.85. The molecule has 2 aliphatic rings. The first-order valence-corrected chi connectivity index (χ1v) is 14.6. The van der Waals surface area contributed by atoms with Crippen LogP contribution in [-0.4, -0.2) is 65.2 Å². The minimum atomic E-state index is -0.910. The minimum absolute atomic E-state index is 0.241. The van der Waals surface area contributed by atoms with E-state index in [0.717, 1.165) is 17.6 Å². The fourth-order valence-corrected chi connectivity index (χ4v) is 5.87. The van der Waals surface area contributed by atoms with Crippen LogP contribution in [0.4, 0.5) is 4.79 Å². The second-order valence-electron chi connectivity index (χ2n) is 12.2. The minimum Gasteiger partial charge on any atom is -0.467 e. The molecule has 1 unspecified atom stereocenters. The largest absolute Gasteiger partial charge is 0.467 e. The Kier molecular flexibility index (Phi) is 10.9. The first-order chi connectivity index (χ1) is 18.1. The van der Waals surface area contributed by atoms with Crippen LogP contribution in [0.15, 0.2) is 60.3 Å². The molecule has 8 heteroatoms. The molecule has 1 heterocycles. The smallest absolute Gasteiger partial charge is 0.408 e. The van der Waals surface area contributed by atoms with Crippen LogP contribution in [0.2, 0.25) is 0 Å². The van der Waals surface area contributed by atoms with Crippen LogP contribution >= 0.6 is 11.8 Å². The van der Waals surface area contributed by atoms with Gasteiger partial charge in [-0.25, -0.2) is 9.59 Å². The summed E-state index contributed by atoms with van der Waals surface area (Å²) < 4.78 is 10.0. The van der Waals surface area contributed by atoms with Crippen LogP contribution in [-0.2, 0) is 19.1 Å². The number of amides is 2. The highest BCUT2D eigenvalue weighted by atomic mass is 32.2. The summed E-state index contributed by atoms with van der Waals surface area (Å²) in [6.07, 6.45) is 17.0. The normalized spacial score (nSPS) is 24.5. The zero-order chi connectivity index (χ0) is 29.6. The Labute approximate surface area is 238 Å². The van der Waals surface area contributed by atoms with Crippen LogP contribution in [0.25, 0.3) is 0 Å². The van der Waals surface area contributed by atoms with Gasteiger partial charge in [0.05, 0.1) is 11.9 Å². The third-order valence-corrected chi connectivity index (χ3v) is 8.33. The van der Waals surface area contributed by atoms with Crippen molar-refractivity contribution in [3.05, 3.63) is 60.3 Å². The molecular formula is C31H46N2O5S. The van der Waals surface area contributed by atoms with Crippen LogP contribution in [0.1, 0.15) is 61.3 Å². The quantitative estimate of drug-likeness (QED) is 0.291. The zero-order valence-corrected chi connectivity index (χ0v) is 25.8. The van der Waals surface area contributed by atoms with Gasteiger partial charge in [0.2, 0.25) is 5.91 Å². The van der Waals surface area contributed by atoms with E-state index in [1.807, 2.05) is 64.3 Å². The maximum Gasteiger partial charge on any atom is 0.408 e. The molecule has 2 rings (SSSR count).